The Hall–Kier alpha value is -3.72. The lowest BCUT2D eigenvalue weighted by atomic mass is 9.73. The number of carbonyl (C=O) groups is 1. The number of piperidine rings is 1. The molecule has 9 nitrogen and oxygen atoms in total. The van der Waals surface area contributed by atoms with E-state index in [9.17, 15) is 4.79 Å². The van der Waals surface area contributed by atoms with Crippen LogP contribution in [0.5, 0.6) is 0 Å². The van der Waals surface area contributed by atoms with Crippen LogP contribution >= 0.6 is 0 Å². The van der Waals surface area contributed by atoms with Crippen LogP contribution in [0.1, 0.15) is 59.0 Å². The van der Waals surface area contributed by atoms with Gasteiger partial charge in [-0.3, -0.25) is 4.79 Å². The highest BCUT2D eigenvalue weighted by atomic mass is 16.2. The van der Waals surface area contributed by atoms with E-state index in [1.54, 1.807) is 17.2 Å². The van der Waals surface area contributed by atoms with Gasteiger partial charge in [0.15, 0.2) is 11.5 Å². The van der Waals surface area contributed by atoms with E-state index >= 15 is 0 Å². The van der Waals surface area contributed by atoms with Crippen LogP contribution in [-0.4, -0.2) is 40.5 Å². The molecule has 1 aromatic carbocycles. The van der Waals surface area contributed by atoms with Gasteiger partial charge in [0.05, 0.1) is 17.6 Å². The molecule has 6 rings (SSSR count). The zero-order valence-electron chi connectivity index (χ0n) is 19.8. The van der Waals surface area contributed by atoms with Crippen LogP contribution in [-0.2, 0) is 6.42 Å². The van der Waals surface area contributed by atoms with Crippen LogP contribution < -0.4 is 27.0 Å². The predicted molar refractivity (Wildman–Crippen MR) is 136 cm³/mol. The number of hydrogen-bond donors (Lipinski definition) is 3. The van der Waals surface area contributed by atoms with E-state index in [1.165, 1.54) is 11.1 Å². The normalized spacial score (nSPS) is 22.3. The fourth-order valence-electron chi connectivity index (χ4n) is 6.05. The molecule has 6 N–H and O–H groups in total. The number of pyridine rings is 1. The van der Waals surface area contributed by atoms with Crippen LogP contribution in [0.4, 0.5) is 23.1 Å². The number of aromatic nitrogens is 3. The highest BCUT2D eigenvalue weighted by molar-refractivity contribution is 6.08. The molecule has 3 aliphatic rings. The van der Waals surface area contributed by atoms with Gasteiger partial charge in [0.1, 0.15) is 11.6 Å². The minimum Gasteiger partial charge on any atom is -0.384 e. The lowest BCUT2D eigenvalue weighted by molar-refractivity contribution is 0.0984. The van der Waals surface area contributed by atoms with Crippen molar-refractivity contribution in [1.82, 2.24) is 15.0 Å². The number of fused-ring (bicyclic) bond motifs is 2. The van der Waals surface area contributed by atoms with Crippen LogP contribution in [0.3, 0.4) is 0 Å². The molecule has 4 heterocycles. The summed E-state index contributed by atoms with van der Waals surface area (Å²) in [4.78, 5) is 30.6. The summed E-state index contributed by atoms with van der Waals surface area (Å²) in [5, 5.41) is 0. The molecule has 3 aromatic rings. The molecule has 2 unspecified atom stereocenters. The topological polar surface area (TPSA) is 140 Å². The Labute approximate surface area is 204 Å². The summed E-state index contributed by atoms with van der Waals surface area (Å²) in [5.74, 6) is 1.09. The van der Waals surface area contributed by atoms with Gasteiger partial charge in [-0.25, -0.2) is 15.0 Å². The van der Waals surface area contributed by atoms with Crippen LogP contribution in [0.2, 0.25) is 0 Å². The summed E-state index contributed by atoms with van der Waals surface area (Å²) in [6, 6.07) is 12.1. The molecule has 1 fully saturated rings. The molecule has 2 aliphatic heterocycles. The molecule has 35 heavy (non-hydrogen) atoms. The molecule has 0 saturated carbocycles. The molecule has 2 atom stereocenters. The highest BCUT2D eigenvalue weighted by Crippen LogP contribution is 2.50. The summed E-state index contributed by atoms with van der Waals surface area (Å²) in [7, 11) is 0. The van der Waals surface area contributed by atoms with Gasteiger partial charge in [-0.2, -0.15) is 0 Å². The molecule has 1 saturated heterocycles. The van der Waals surface area contributed by atoms with E-state index in [0.29, 0.717) is 18.2 Å². The maximum atomic E-state index is 13.3. The van der Waals surface area contributed by atoms with E-state index in [4.69, 9.17) is 17.2 Å². The maximum Gasteiger partial charge on any atom is 0.280 e. The summed E-state index contributed by atoms with van der Waals surface area (Å²) in [6.07, 6.45) is 4.63. The van der Waals surface area contributed by atoms with Crippen molar-refractivity contribution in [1.29, 1.82) is 0 Å². The lowest BCUT2D eigenvalue weighted by Crippen LogP contribution is -2.44. The molecular weight excluding hydrogens is 440 g/mol. The first-order valence-corrected chi connectivity index (χ1v) is 12.2. The van der Waals surface area contributed by atoms with Gasteiger partial charge in [-0.15, -0.1) is 0 Å². The number of nitrogens with zero attached hydrogens (tertiary/aromatic N) is 5. The number of carbonyl (C=O) groups excluding carboxylic acids is 1. The standard InChI is InChI=1S/C26H30N8O/c1-15-14-34(18-6-7-19(27)31-21(15)18)25(35)22-24(29)32-20(13-30-22)33-10-8-26(9-11-33)12-16-4-2-3-5-17(16)23(26)28/h2-7,13,15,23H,8-12,14,28H2,1H3,(H2,27,31)(H2,29,32). The summed E-state index contributed by atoms with van der Waals surface area (Å²) in [6.45, 7) is 4.18. The molecule has 9 heteroatoms. The Bertz CT molecular complexity index is 1320. The largest absolute Gasteiger partial charge is 0.384 e. The monoisotopic (exact) mass is 470 g/mol. The first kappa shape index (κ1) is 21.8. The van der Waals surface area contributed by atoms with Crippen molar-refractivity contribution >= 4 is 29.0 Å². The van der Waals surface area contributed by atoms with Gasteiger partial charge in [-0.1, -0.05) is 31.2 Å². The van der Waals surface area contributed by atoms with E-state index in [2.05, 4.69) is 44.1 Å². The Morgan fingerprint density at radius 3 is 2.60 bits per heavy atom. The van der Waals surface area contributed by atoms with Crippen molar-refractivity contribution in [2.75, 3.05) is 40.9 Å². The molecule has 1 spiro atoms. The fourth-order valence-corrected chi connectivity index (χ4v) is 6.05. The van der Waals surface area contributed by atoms with Crippen LogP contribution in [0.25, 0.3) is 0 Å². The average molecular weight is 471 g/mol. The Kier molecular flexibility index (Phi) is 4.93. The molecule has 0 radical (unpaired) electrons. The highest BCUT2D eigenvalue weighted by Gasteiger charge is 2.46. The van der Waals surface area contributed by atoms with Crippen molar-refractivity contribution in [3.05, 3.63) is 65.1 Å². The van der Waals surface area contributed by atoms with Crippen molar-refractivity contribution < 1.29 is 4.79 Å². The van der Waals surface area contributed by atoms with Crippen LogP contribution in [0, 0.1) is 5.41 Å². The number of nitrogen functional groups attached to an aromatic ring is 2. The number of hydrogen-bond acceptors (Lipinski definition) is 8. The lowest BCUT2D eigenvalue weighted by Gasteiger charge is -2.42. The van der Waals surface area contributed by atoms with Gasteiger partial charge in [0, 0.05) is 31.6 Å². The Balaban J connectivity index is 1.18. The summed E-state index contributed by atoms with van der Waals surface area (Å²) < 4.78 is 0. The van der Waals surface area contributed by atoms with Gasteiger partial charge in [0.2, 0.25) is 0 Å². The molecular formula is C26H30N8O. The summed E-state index contributed by atoms with van der Waals surface area (Å²) >= 11 is 0. The third-order valence-electron chi connectivity index (χ3n) is 8.05. The Morgan fingerprint density at radius 2 is 1.86 bits per heavy atom. The second-order valence-corrected chi connectivity index (χ2v) is 10.1. The van der Waals surface area contributed by atoms with Gasteiger partial charge < -0.3 is 27.0 Å². The summed E-state index contributed by atoms with van der Waals surface area (Å²) in [5.41, 5.74) is 23.3. The van der Waals surface area contributed by atoms with Crippen molar-refractivity contribution in [2.24, 2.45) is 11.1 Å². The third kappa shape index (κ3) is 3.41. The van der Waals surface area contributed by atoms with E-state index in [-0.39, 0.29) is 34.8 Å². The predicted octanol–water partition coefficient (Wildman–Crippen LogP) is 2.64. The first-order chi connectivity index (χ1) is 16.9. The van der Waals surface area contributed by atoms with Crippen molar-refractivity contribution in [3.8, 4) is 0 Å². The quantitative estimate of drug-likeness (QED) is 0.519. The second kappa shape index (κ2) is 7.91. The Morgan fingerprint density at radius 1 is 1.09 bits per heavy atom. The number of benzene rings is 1. The molecule has 0 bridgehead atoms. The number of anilines is 4. The minimum absolute atomic E-state index is 0.0626. The van der Waals surface area contributed by atoms with Gasteiger partial charge >= 0.3 is 0 Å². The zero-order chi connectivity index (χ0) is 24.3. The number of nitrogens with two attached hydrogens (primary N) is 3. The smallest absolute Gasteiger partial charge is 0.280 e. The second-order valence-electron chi connectivity index (χ2n) is 10.1. The fraction of sp³-hybridized carbons (Fsp3) is 0.385. The van der Waals surface area contributed by atoms with E-state index in [1.807, 2.05) is 13.0 Å². The minimum atomic E-state index is -0.272. The van der Waals surface area contributed by atoms with E-state index in [0.717, 1.165) is 43.7 Å². The molecule has 180 valence electrons. The number of amides is 1. The molecule has 2 aromatic heterocycles. The van der Waals surface area contributed by atoms with Crippen molar-refractivity contribution in [2.45, 2.75) is 38.1 Å². The first-order valence-electron chi connectivity index (χ1n) is 12.2. The number of rotatable bonds is 2. The van der Waals surface area contributed by atoms with Gasteiger partial charge in [0.25, 0.3) is 5.91 Å². The molecule has 1 amide bonds. The zero-order valence-corrected chi connectivity index (χ0v) is 19.8. The van der Waals surface area contributed by atoms with E-state index < -0.39 is 0 Å². The van der Waals surface area contributed by atoms with Crippen molar-refractivity contribution in [3.63, 3.8) is 0 Å². The SMILES string of the molecule is CC1CN(C(=O)c2ncc(N3CCC4(CC3)Cc3ccccc3C4N)nc2N)c2ccc(N)nc21. The van der Waals surface area contributed by atoms with Crippen LogP contribution in [0.15, 0.2) is 42.6 Å². The third-order valence-corrected chi connectivity index (χ3v) is 8.05. The maximum absolute atomic E-state index is 13.3. The average Bonchev–Trinajstić information content (AvgIpc) is 3.33. The molecule has 1 aliphatic carbocycles. The van der Waals surface area contributed by atoms with Gasteiger partial charge in [-0.05, 0) is 47.9 Å².